The molecule has 22 heavy (non-hydrogen) atoms. The molecule has 116 valence electrons. The standard InChI is InChI=1S/C15H17ClN4O2/c1-9-17-15(19-18-9)12-3-2-4-20(12)7-10-5-13-14(6-11(10)16)22-8-21-13/h5-6,12H,2-4,7-8H2,1H3,(H,17,18,19)/t12-/m1/s1. The summed E-state index contributed by atoms with van der Waals surface area (Å²) < 4.78 is 10.8. The van der Waals surface area contributed by atoms with Gasteiger partial charge in [-0.1, -0.05) is 11.6 Å². The summed E-state index contributed by atoms with van der Waals surface area (Å²) in [5.41, 5.74) is 1.05. The maximum Gasteiger partial charge on any atom is 0.231 e. The third-order valence-corrected chi connectivity index (χ3v) is 4.54. The average Bonchev–Trinajstić information content (AvgIpc) is 3.20. The molecule has 0 bridgehead atoms. The molecule has 1 saturated heterocycles. The monoisotopic (exact) mass is 320 g/mol. The Hall–Kier alpha value is -1.79. The van der Waals surface area contributed by atoms with E-state index in [1.807, 2.05) is 19.1 Å². The van der Waals surface area contributed by atoms with Crippen LogP contribution in [0.5, 0.6) is 11.5 Å². The van der Waals surface area contributed by atoms with E-state index in [0.717, 1.165) is 54.6 Å². The predicted molar refractivity (Wildman–Crippen MR) is 81.1 cm³/mol. The lowest BCUT2D eigenvalue weighted by atomic mass is 10.1. The Morgan fingerprint density at radius 2 is 2.18 bits per heavy atom. The van der Waals surface area contributed by atoms with E-state index in [9.17, 15) is 0 Å². The predicted octanol–water partition coefficient (Wildman–Crippen LogP) is 2.83. The smallest absolute Gasteiger partial charge is 0.231 e. The molecule has 1 fully saturated rings. The lowest BCUT2D eigenvalue weighted by Crippen LogP contribution is -2.23. The van der Waals surface area contributed by atoms with Gasteiger partial charge in [0, 0.05) is 17.6 Å². The van der Waals surface area contributed by atoms with E-state index in [0.29, 0.717) is 5.02 Å². The maximum atomic E-state index is 6.38. The van der Waals surface area contributed by atoms with E-state index < -0.39 is 0 Å². The fraction of sp³-hybridized carbons (Fsp3) is 0.467. The van der Waals surface area contributed by atoms with Crippen LogP contribution in [0.4, 0.5) is 0 Å². The summed E-state index contributed by atoms with van der Waals surface area (Å²) in [6.45, 7) is 3.96. The fourth-order valence-corrected chi connectivity index (χ4v) is 3.33. The van der Waals surface area contributed by atoms with Gasteiger partial charge in [-0.25, -0.2) is 4.98 Å². The zero-order valence-corrected chi connectivity index (χ0v) is 13.1. The molecule has 0 spiro atoms. The van der Waals surface area contributed by atoms with E-state index in [2.05, 4.69) is 20.1 Å². The van der Waals surface area contributed by atoms with Crippen LogP contribution in [0.2, 0.25) is 5.02 Å². The summed E-state index contributed by atoms with van der Waals surface area (Å²) in [5, 5.41) is 7.95. The van der Waals surface area contributed by atoms with Crippen molar-refractivity contribution in [1.82, 2.24) is 20.1 Å². The number of nitrogens with one attached hydrogen (secondary N) is 1. The number of benzene rings is 1. The van der Waals surface area contributed by atoms with E-state index in [1.54, 1.807) is 0 Å². The van der Waals surface area contributed by atoms with Gasteiger partial charge in [0.15, 0.2) is 17.3 Å². The van der Waals surface area contributed by atoms with Crippen LogP contribution in [0.15, 0.2) is 12.1 Å². The lowest BCUT2D eigenvalue weighted by molar-refractivity contribution is 0.174. The normalized spacial score (nSPS) is 20.7. The summed E-state index contributed by atoms with van der Waals surface area (Å²) in [7, 11) is 0. The number of H-pyrrole nitrogens is 1. The van der Waals surface area contributed by atoms with Crippen molar-refractivity contribution >= 4 is 11.6 Å². The number of rotatable bonds is 3. The lowest BCUT2D eigenvalue weighted by Gasteiger charge is -2.22. The van der Waals surface area contributed by atoms with Crippen LogP contribution < -0.4 is 9.47 Å². The number of hydrogen-bond donors (Lipinski definition) is 1. The number of ether oxygens (including phenoxy) is 2. The van der Waals surface area contributed by atoms with Gasteiger partial charge in [-0.15, -0.1) is 0 Å². The van der Waals surface area contributed by atoms with Crippen LogP contribution in [0.1, 0.15) is 36.1 Å². The van der Waals surface area contributed by atoms with Gasteiger partial charge < -0.3 is 9.47 Å². The maximum absolute atomic E-state index is 6.38. The molecular weight excluding hydrogens is 304 g/mol. The van der Waals surface area contributed by atoms with E-state index in [4.69, 9.17) is 21.1 Å². The number of halogens is 1. The number of aryl methyl sites for hydroxylation is 1. The van der Waals surface area contributed by atoms with Crippen molar-refractivity contribution in [2.75, 3.05) is 13.3 Å². The van der Waals surface area contributed by atoms with Crippen molar-refractivity contribution in [2.24, 2.45) is 0 Å². The highest BCUT2D eigenvalue weighted by Crippen LogP contribution is 2.39. The topological polar surface area (TPSA) is 63.3 Å². The number of aromatic nitrogens is 3. The Kier molecular flexibility index (Phi) is 3.43. The molecule has 0 amide bonds. The molecule has 1 aromatic heterocycles. The van der Waals surface area contributed by atoms with E-state index in [1.165, 1.54) is 0 Å². The second-order valence-electron chi connectivity index (χ2n) is 5.70. The zero-order chi connectivity index (χ0) is 15.1. The molecule has 1 aromatic carbocycles. The first-order valence-corrected chi connectivity index (χ1v) is 7.79. The van der Waals surface area contributed by atoms with Crippen molar-refractivity contribution in [1.29, 1.82) is 0 Å². The summed E-state index contributed by atoms with van der Waals surface area (Å²) >= 11 is 6.38. The molecule has 0 aliphatic carbocycles. The molecule has 1 N–H and O–H groups in total. The molecule has 3 heterocycles. The Bertz CT molecular complexity index is 703. The Balaban J connectivity index is 1.57. The van der Waals surface area contributed by atoms with Crippen LogP contribution in [0, 0.1) is 6.92 Å². The molecule has 2 aromatic rings. The summed E-state index contributed by atoms with van der Waals surface area (Å²) in [6, 6.07) is 4.05. The van der Waals surface area contributed by atoms with Crippen molar-refractivity contribution < 1.29 is 9.47 Å². The fourth-order valence-electron chi connectivity index (χ4n) is 3.12. The molecule has 6 nitrogen and oxygen atoms in total. The molecule has 1 atom stereocenters. The second kappa shape index (κ2) is 5.44. The first kappa shape index (κ1) is 13.8. The van der Waals surface area contributed by atoms with Crippen LogP contribution >= 0.6 is 11.6 Å². The number of nitrogens with zero attached hydrogens (tertiary/aromatic N) is 3. The van der Waals surface area contributed by atoms with E-state index >= 15 is 0 Å². The van der Waals surface area contributed by atoms with Crippen LogP contribution in [-0.2, 0) is 6.54 Å². The molecule has 2 aliphatic rings. The summed E-state index contributed by atoms with van der Waals surface area (Å²) in [5.74, 6) is 3.20. The zero-order valence-electron chi connectivity index (χ0n) is 12.3. The molecule has 0 unspecified atom stereocenters. The largest absolute Gasteiger partial charge is 0.454 e. The minimum absolute atomic E-state index is 0.242. The minimum atomic E-state index is 0.242. The number of aromatic amines is 1. The van der Waals surface area contributed by atoms with Gasteiger partial charge in [-0.3, -0.25) is 10.00 Å². The van der Waals surface area contributed by atoms with Crippen LogP contribution in [0.25, 0.3) is 0 Å². The highest BCUT2D eigenvalue weighted by molar-refractivity contribution is 6.31. The Morgan fingerprint density at radius 1 is 1.36 bits per heavy atom. The van der Waals surface area contributed by atoms with Gasteiger partial charge in [0.1, 0.15) is 5.82 Å². The highest BCUT2D eigenvalue weighted by Gasteiger charge is 2.30. The first-order chi connectivity index (χ1) is 10.7. The quantitative estimate of drug-likeness (QED) is 0.942. The van der Waals surface area contributed by atoms with Gasteiger partial charge in [-0.2, -0.15) is 5.10 Å². The second-order valence-corrected chi connectivity index (χ2v) is 6.11. The van der Waals surface area contributed by atoms with Crippen molar-refractivity contribution in [3.8, 4) is 11.5 Å². The first-order valence-electron chi connectivity index (χ1n) is 7.41. The van der Waals surface area contributed by atoms with Crippen molar-refractivity contribution in [3.05, 3.63) is 34.4 Å². The van der Waals surface area contributed by atoms with Gasteiger partial charge in [0.25, 0.3) is 0 Å². The summed E-state index contributed by atoms with van der Waals surface area (Å²) in [4.78, 5) is 6.85. The number of hydrogen-bond acceptors (Lipinski definition) is 5. The van der Waals surface area contributed by atoms with Crippen LogP contribution in [-0.4, -0.2) is 33.4 Å². The highest BCUT2D eigenvalue weighted by atomic mass is 35.5. The number of fused-ring (bicyclic) bond motifs is 1. The third kappa shape index (κ3) is 2.42. The molecule has 7 heteroatoms. The molecule has 2 aliphatic heterocycles. The van der Waals surface area contributed by atoms with Gasteiger partial charge in [0.05, 0.1) is 6.04 Å². The van der Waals surface area contributed by atoms with Gasteiger partial charge in [-0.05, 0) is 37.9 Å². The molecule has 0 saturated carbocycles. The van der Waals surface area contributed by atoms with Crippen molar-refractivity contribution in [2.45, 2.75) is 32.4 Å². The van der Waals surface area contributed by atoms with Gasteiger partial charge >= 0.3 is 0 Å². The third-order valence-electron chi connectivity index (χ3n) is 4.19. The Morgan fingerprint density at radius 3 is 2.95 bits per heavy atom. The van der Waals surface area contributed by atoms with Crippen LogP contribution in [0.3, 0.4) is 0 Å². The van der Waals surface area contributed by atoms with Gasteiger partial charge in [0.2, 0.25) is 6.79 Å². The minimum Gasteiger partial charge on any atom is -0.454 e. The SMILES string of the molecule is Cc1nc([C@H]2CCCN2Cc2cc3c(cc2Cl)OCO3)n[nH]1. The average molecular weight is 321 g/mol. The molecule has 4 rings (SSSR count). The van der Waals surface area contributed by atoms with Crippen molar-refractivity contribution in [3.63, 3.8) is 0 Å². The molecular formula is C15H17ClN4O2. The summed E-state index contributed by atoms with van der Waals surface area (Å²) in [6.07, 6.45) is 2.21. The van der Waals surface area contributed by atoms with E-state index in [-0.39, 0.29) is 12.8 Å². The Labute approximate surface area is 133 Å². The molecule has 0 radical (unpaired) electrons. The number of likely N-dealkylation sites (tertiary alicyclic amines) is 1.